The molecule has 1 aromatic carbocycles. The van der Waals surface area contributed by atoms with E-state index in [0.717, 1.165) is 18.9 Å². The maximum Gasteiger partial charge on any atom is 0.261 e. The van der Waals surface area contributed by atoms with Gasteiger partial charge in [0.1, 0.15) is 6.10 Å². The molecule has 4 rings (SSSR count). The van der Waals surface area contributed by atoms with Gasteiger partial charge in [-0.1, -0.05) is 12.1 Å². The zero-order valence-electron chi connectivity index (χ0n) is 15.3. The first kappa shape index (κ1) is 18.6. The predicted molar refractivity (Wildman–Crippen MR) is 96.9 cm³/mol. The largest absolute Gasteiger partial charge is 0.375 e. The molecule has 2 heterocycles. The number of fused-ring (bicyclic) bond motifs is 1. The Kier molecular flexibility index (Phi) is 5.30. The molecule has 2 aliphatic heterocycles. The maximum atomic E-state index is 12.5. The van der Waals surface area contributed by atoms with Crippen LogP contribution in [0.3, 0.4) is 0 Å². The van der Waals surface area contributed by atoms with E-state index in [9.17, 15) is 9.59 Å². The van der Waals surface area contributed by atoms with Crippen LogP contribution in [0.4, 0.5) is 0 Å². The van der Waals surface area contributed by atoms with Gasteiger partial charge in [-0.15, -0.1) is 0 Å². The molecule has 0 N–H and O–H groups in total. The molecule has 2 fully saturated rings. The number of hydrogen-bond donors (Lipinski definition) is 0. The van der Waals surface area contributed by atoms with Crippen LogP contribution in [0.2, 0.25) is 0 Å². The Morgan fingerprint density at radius 1 is 1.15 bits per heavy atom. The fourth-order valence-electron chi connectivity index (χ4n) is 4.00. The van der Waals surface area contributed by atoms with Crippen LogP contribution in [-0.2, 0) is 14.2 Å². The van der Waals surface area contributed by atoms with Gasteiger partial charge in [-0.05, 0) is 44.2 Å². The lowest BCUT2D eigenvalue weighted by Crippen LogP contribution is -2.41. The Hall–Kier alpha value is -1.76. The van der Waals surface area contributed by atoms with Crippen molar-refractivity contribution in [3.8, 4) is 0 Å². The molecule has 4 radical (unpaired) electrons. The van der Waals surface area contributed by atoms with Crippen molar-refractivity contribution in [2.75, 3.05) is 26.9 Å². The molecule has 2 amide bonds. The third-order valence-corrected chi connectivity index (χ3v) is 5.49. The summed E-state index contributed by atoms with van der Waals surface area (Å²) in [6.45, 7) is 1.55. The molecule has 27 heavy (non-hydrogen) atoms. The molecule has 1 aliphatic carbocycles. The van der Waals surface area contributed by atoms with Gasteiger partial charge in [-0.25, -0.2) is 0 Å². The standard InChI is InChI=1S/C21H23NO5/c1-25-15-7-10-21(11-8-15,20-26-13-14-27-20)9-4-12-22-18(23)16-5-2-3-6-17(16)19(22)24/h2-3,5-8,10,20H,4,9,11-14H2,1H3. The van der Waals surface area contributed by atoms with Gasteiger partial charge in [-0.3, -0.25) is 14.5 Å². The van der Waals surface area contributed by atoms with E-state index in [1.165, 1.54) is 4.90 Å². The minimum absolute atomic E-state index is 0.209. The third-order valence-electron chi connectivity index (χ3n) is 5.49. The van der Waals surface area contributed by atoms with Crippen LogP contribution in [0.25, 0.3) is 0 Å². The van der Waals surface area contributed by atoms with E-state index in [-0.39, 0.29) is 23.5 Å². The molecule has 0 aromatic heterocycles. The van der Waals surface area contributed by atoms with Crippen molar-refractivity contribution < 1.29 is 23.8 Å². The number of imide groups is 1. The summed E-state index contributed by atoms with van der Waals surface area (Å²) in [7, 11) is 1.65. The molecule has 6 nitrogen and oxygen atoms in total. The Labute approximate surface area is 159 Å². The smallest absolute Gasteiger partial charge is 0.261 e. The second-order valence-corrected chi connectivity index (χ2v) is 7.07. The number of hydrogen-bond acceptors (Lipinski definition) is 5. The van der Waals surface area contributed by atoms with E-state index in [1.807, 2.05) is 12.8 Å². The number of carbonyl (C=O) groups is 2. The number of nitrogens with zero attached hydrogens (tertiary/aromatic N) is 1. The van der Waals surface area contributed by atoms with Crippen molar-refractivity contribution in [2.45, 2.75) is 25.6 Å². The first-order valence-corrected chi connectivity index (χ1v) is 9.26. The number of amides is 2. The van der Waals surface area contributed by atoms with Crippen molar-refractivity contribution in [3.63, 3.8) is 0 Å². The lowest BCUT2D eigenvalue weighted by molar-refractivity contribution is -0.126. The second kappa shape index (κ2) is 7.70. The minimum atomic E-state index is -0.314. The molecule has 1 saturated heterocycles. The van der Waals surface area contributed by atoms with E-state index < -0.39 is 0 Å². The Bertz CT molecular complexity index is 669. The highest BCUT2D eigenvalue weighted by molar-refractivity contribution is 6.21. The summed E-state index contributed by atoms with van der Waals surface area (Å²) < 4.78 is 16.9. The summed E-state index contributed by atoms with van der Waals surface area (Å²) in [5.41, 5.74) is 0.673. The molecule has 1 saturated carbocycles. The Balaban J connectivity index is 1.40. The molecule has 1 aromatic rings. The lowest BCUT2D eigenvalue weighted by atomic mass is 9.69. The molecule has 3 aliphatic rings. The highest BCUT2D eigenvalue weighted by Gasteiger charge is 2.46. The maximum absolute atomic E-state index is 12.5. The van der Waals surface area contributed by atoms with Gasteiger partial charge in [0, 0.05) is 25.5 Å². The number of carbonyl (C=O) groups excluding carboxylic acids is 2. The van der Waals surface area contributed by atoms with Crippen LogP contribution < -0.4 is 0 Å². The van der Waals surface area contributed by atoms with Crippen LogP contribution >= 0.6 is 0 Å². The van der Waals surface area contributed by atoms with Crippen LogP contribution in [0.15, 0.2) is 24.3 Å². The van der Waals surface area contributed by atoms with Crippen LogP contribution in [0.5, 0.6) is 0 Å². The summed E-state index contributed by atoms with van der Waals surface area (Å²) in [5, 5.41) is 0. The van der Waals surface area contributed by atoms with E-state index >= 15 is 0 Å². The molecule has 0 bridgehead atoms. The summed E-state index contributed by atoms with van der Waals surface area (Å²) >= 11 is 0. The molecule has 1 unspecified atom stereocenters. The lowest BCUT2D eigenvalue weighted by Gasteiger charge is -2.42. The third kappa shape index (κ3) is 3.42. The van der Waals surface area contributed by atoms with Gasteiger partial charge in [0.15, 0.2) is 6.29 Å². The van der Waals surface area contributed by atoms with E-state index in [0.29, 0.717) is 37.3 Å². The average molecular weight is 369 g/mol. The Morgan fingerprint density at radius 3 is 2.37 bits per heavy atom. The summed E-state index contributed by atoms with van der Waals surface area (Å²) in [6.07, 6.45) is 8.73. The quantitative estimate of drug-likeness (QED) is 0.721. The summed E-state index contributed by atoms with van der Waals surface area (Å²) in [6, 6.07) is 6.98. The van der Waals surface area contributed by atoms with Crippen LogP contribution in [0.1, 0.15) is 40.0 Å². The molecule has 142 valence electrons. The van der Waals surface area contributed by atoms with Gasteiger partial charge < -0.3 is 14.2 Å². The SMILES string of the molecule is CO[C]1[CH][CH]C(CCCN2C(=O)c3ccccc3C2=O)(C2OCCO2)C[CH]1. The summed E-state index contributed by atoms with van der Waals surface area (Å²) in [5.74, 6) is -0.419. The number of rotatable bonds is 6. The van der Waals surface area contributed by atoms with Gasteiger partial charge >= 0.3 is 0 Å². The van der Waals surface area contributed by atoms with Gasteiger partial charge in [0.05, 0.1) is 24.3 Å². The fourth-order valence-corrected chi connectivity index (χ4v) is 4.00. The van der Waals surface area contributed by atoms with Crippen molar-refractivity contribution in [3.05, 3.63) is 60.8 Å². The number of ether oxygens (including phenoxy) is 3. The van der Waals surface area contributed by atoms with Gasteiger partial charge in [0.2, 0.25) is 0 Å². The van der Waals surface area contributed by atoms with Crippen molar-refractivity contribution in [1.29, 1.82) is 0 Å². The van der Waals surface area contributed by atoms with Gasteiger partial charge in [-0.2, -0.15) is 0 Å². The molecule has 6 heteroatoms. The highest BCUT2D eigenvalue weighted by atomic mass is 16.7. The number of methoxy groups -OCH3 is 1. The predicted octanol–water partition coefficient (Wildman–Crippen LogP) is 2.62. The topological polar surface area (TPSA) is 65.1 Å². The van der Waals surface area contributed by atoms with Gasteiger partial charge in [0.25, 0.3) is 11.8 Å². The molecular weight excluding hydrogens is 346 g/mol. The monoisotopic (exact) mass is 369 g/mol. The average Bonchev–Trinajstić information content (AvgIpc) is 3.33. The first-order chi connectivity index (χ1) is 13.1. The zero-order valence-corrected chi connectivity index (χ0v) is 15.3. The van der Waals surface area contributed by atoms with Crippen LogP contribution in [0, 0.1) is 30.8 Å². The van der Waals surface area contributed by atoms with Crippen LogP contribution in [-0.4, -0.2) is 49.9 Å². The van der Waals surface area contributed by atoms with E-state index in [1.54, 1.807) is 31.4 Å². The second-order valence-electron chi connectivity index (χ2n) is 7.07. The van der Waals surface area contributed by atoms with E-state index in [4.69, 9.17) is 14.2 Å². The molecule has 0 spiro atoms. The minimum Gasteiger partial charge on any atom is -0.375 e. The molecular formula is C21H23NO5. The van der Waals surface area contributed by atoms with E-state index in [2.05, 4.69) is 6.42 Å². The fraction of sp³-hybridized carbons (Fsp3) is 0.429. The zero-order chi connectivity index (χ0) is 18.9. The highest BCUT2D eigenvalue weighted by Crippen LogP contribution is 2.46. The molecule has 1 atom stereocenters. The van der Waals surface area contributed by atoms with Crippen molar-refractivity contribution >= 4 is 11.8 Å². The normalized spacial score (nSPS) is 23.2. The van der Waals surface area contributed by atoms with Crippen molar-refractivity contribution in [1.82, 2.24) is 4.90 Å². The summed E-state index contributed by atoms with van der Waals surface area (Å²) in [4.78, 5) is 26.4. The first-order valence-electron chi connectivity index (χ1n) is 9.26. The number of benzene rings is 1. The Morgan fingerprint density at radius 2 is 1.81 bits per heavy atom. The van der Waals surface area contributed by atoms with Crippen molar-refractivity contribution in [2.24, 2.45) is 5.41 Å².